The Bertz CT molecular complexity index is 1820. The number of aryl methyl sites for hydroxylation is 2. The van der Waals surface area contributed by atoms with E-state index in [-0.39, 0.29) is 25.2 Å². The van der Waals surface area contributed by atoms with Gasteiger partial charge < -0.3 is 34.3 Å². The molecule has 4 aromatic rings. The average molecular weight is 755 g/mol. The predicted octanol–water partition coefficient (Wildman–Crippen LogP) is 5.22. The molecule has 0 radical (unpaired) electrons. The lowest BCUT2D eigenvalue weighted by Crippen LogP contribution is -2.34. The molecule has 0 aromatic heterocycles. The quantitative estimate of drug-likeness (QED) is 0.221. The van der Waals surface area contributed by atoms with Crippen LogP contribution in [0.5, 0.6) is 23.0 Å². The van der Waals surface area contributed by atoms with Gasteiger partial charge in [0.15, 0.2) is 0 Å². The molecule has 0 unspecified atom stereocenters. The van der Waals surface area contributed by atoms with Gasteiger partial charge in [-0.3, -0.25) is 19.6 Å². The minimum absolute atomic E-state index is 0.133. The van der Waals surface area contributed by atoms with E-state index in [9.17, 15) is 10.2 Å². The number of ether oxygens (including phenoxy) is 4. The Morgan fingerprint density at radius 2 is 0.836 bits per heavy atom. The summed E-state index contributed by atoms with van der Waals surface area (Å²) in [6.45, 7) is 16.8. The van der Waals surface area contributed by atoms with Crippen molar-refractivity contribution in [2.45, 2.75) is 59.3 Å². The van der Waals surface area contributed by atoms with Gasteiger partial charge in [-0.25, -0.2) is 0 Å². The number of β-amino-alcohol motifs (C(OH)–C–C–N with tert-alkyl or cyclic N) is 3. The first kappa shape index (κ1) is 40.5. The normalized spacial score (nSPS) is 16.9. The highest BCUT2D eigenvalue weighted by Gasteiger charge is 2.28. The van der Waals surface area contributed by atoms with Gasteiger partial charge in [0, 0.05) is 73.5 Å². The molecule has 0 atom stereocenters. The fourth-order valence-electron chi connectivity index (χ4n) is 7.29. The van der Waals surface area contributed by atoms with E-state index >= 15 is 0 Å². The van der Waals surface area contributed by atoms with E-state index in [1.54, 1.807) is 0 Å². The molecule has 0 bridgehead atoms. The molecule has 55 heavy (non-hydrogen) atoms. The SMILES string of the molecule is CC(C)(c1ccc2c(c1)CN(CCO)CO2)c1ccc2c(c1)CN(CCO)CO2.Cc1ccc2c(c1)CN(C)CO2.Cc1ccc2c(c1)CN(CCO)CO2. The second-order valence-corrected chi connectivity index (χ2v) is 15.4. The Morgan fingerprint density at radius 1 is 0.491 bits per heavy atom. The smallest absolute Gasteiger partial charge is 0.142 e. The first-order valence-electron chi connectivity index (χ1n) is 19.2. The van der Waals surface area contributed by atoms with Crippen LogP contribution >= 0.6 is 0 Å². The molecule has 4 aliphatic rings. The van der Waals surface area contributed by atoms with E-state index < -0.39 is 0 Å². The van der Waals surface area contributed by atoms with E-state index in [2.05, 4.69) is 121 Å². The summed E-state index contributed by atoms with van der Waals surface area (Å²) >= 11 is 0. The molecule has 3 N–H and O–H groups in total. The minimum Gasteiger partial charge on any atom is -0.478 e. The Balaban J connectivity index is 0.000000163. The van der Waals surface area contributed by atoms with Crippen LogP contribution in [-0.2, 0) is 31.6 Å². The zero-order chi connectivity index (χ0) is 39.0. The van der Waals surface area contributed by atoms with Crippen molar-refractivity contribution >= 4 is 0 Å². The number of hydrogen-bond donors (Lipinski definition) is 3. The van der Waals surface area contributed by atoms with Crippen LogP contribution < -0.4 is 18.9 Å². The lowest BCUT2D eigenvalue weighted by atomic mass is 9.77. The van der Waals surface area contributed by atoms with Crippen LogP contribution in [0.4, 0.5) is 0 Å². The standard InChI is InChI=1S/C23H30N2O4.C11H15NO2.C10H13NO/c1-23(2,19-3-5-21-17(11-19)13-24(7-9-26)15-28-21)20-4-6-22-18(12-20)14-25(8-10-27)16-29-22;1-9-2-3-11-10(6-9)7-12(4-5-13)8-14-11;1-8-3-4-10-9(5-8)6-11(2)7-12-10/h3-6,11-12,26-27H,7-10,13-16H2,1-2H3;2-3,6,13H,4-5,7-8H2,1H3;3-5H,6-7H2,1-2H3. The largest absolute Gasteiger partial charge is 0.478 e. The summed E-state index contributed by atoms with van der Waals surface area (Å²) in [6.07, 6.45) is 0. The molecule has 0 fully saturated rings. The molecule has 4 aliphatic heterocycles. The van der Waals surface area contributed by atoms with Crippen LogP contribution in [0.25, 0.3) is 0 Å². The highest BCUT2D eigenvalue weighted by atomic mass is 16.5. The Labute approximate surface area is 326 Å². The predicted molar refractivity (Wildman–Crippen MR) is 213 cm³/mol. The molecule has 8 rings (SSSR count). The van der Waals surface area contributed by atoms with Gasteiger partial charge >= 0.3 is 0 Å². The van der Waals surface area contributed by atoms with E-state index in [4.69, 9.17) is 24.1 Å². The van der Waals surface area contributed by atoms with Gasteiger partial charge in [-0.1, -0.05) is 61.4 Å². The van der Waals surface area contributed by atoms with Gasteiger partial charge in [0.05, 0.1) is 19.8 Å². The Kier molecular flexibility index (Phi) is 13.7. The highest BCUT2D eigenvalue weighted by Crippen LogP contribution is 2.38. The number of hydrogen-bond acceptors (Lipinski definition) is 11. The third-order valence-electron chi connectivity index (χ3n) is 10.5. The molecule has 296 valence electrons. The zero-order valence-corrected chi connectivity index (χ0v) is 33.1. The Hall–Kier alpha value is -4.20. The molecular formula is C44H58N4O7. The molecule has 11 nitrogen and oxygen atoms in total. The zero-order valence-electron chi connectivity index (χ0n) is 33.1. The maximum absolute atomic E-state index is 9.22. The van der Waals surface area contributed by atoms with Crippen LogP contribution in [-0.4, -0.2) is 108 Å². The van der Waals surface area contributed by atoms with Gasteiger partial charge in [-0.15, -0.1) is 0 Å². The first-order valence-corrected chi connectivity index (χ1v) is 19.2. The van der Waals surface area contributed by atoms with E-state index in [0.29, 0.717) is 46.6 Å². The van der Waals surface area contributed by atoms with Crippen molar-refractivity contribution in [1.82, 2.24) is 19.6 Å². The highest BCUT2D eigenvalue weighted by molar-refractivity contribution is 5.48. The van der Waals surface area contributed by atoms with Crippen molar-refractivity contribution < 1.29 is 34.3 Å². The molecule has 0 saturated carbocycles. The van der Waals surface area contributed by atoms with Gasteiger partial charge in [0.25, 0.3) is 0 Å². The lowest BCUT2D eigenvalue weighted by Gasteiger charge is -2.33. The fraction of sp³-hybridized carbons (Fsp3) is 0.455. The molecule has 0 saturated heterocycles. The number of nitrogens with zero attached hydrogens (tertiary/aromatic N) is 4. The monoisotopic (exact) mass is 754 g/mol. The lowest BCUT2D eigenvalue weighted by molar-refractivity contribution is 0.0769. The molecule has 11 heteroatoms. The number of aliphatic hydroxyl groups excluding tert-OH is 3. The van der Waals surface area contributed by atoms with Crippen LogP contribution in [0.3, 0.4) is 0 Å². The number of benzene rings is 4. The molecule has 4 aromatic carbocycles. The van der Waals surface area contributed by atoms with Gasteiger partial charge in [0.1, 0.15) is 49.9 Å². The molecule has 0 aliphatic carbocycles. The van der Waals surface area contributed by atoms with Crippen LogP contribution in [0.15, 0.2) is 72.8 Å². The average Bonchev–Trinajstić information content (AvgIpc) is 3.18. The van der Waals surface area contributed by atoms with Crippen molar-refractivity contribution in [2.75, 3.05) is 73.4 Å². The first-order chi connectivity index (χ1) is 26.6. The van der Waals surface area contributed by atoms with Crippen LogP contribution in [0.1, 0.15) is 58.4 Å². The Morgan fingerprint density at radius 3 is 1.24 bits per heavy atom. The van der Waals surface area contributed by atoms with Crippen molar-refractivity contribution in [3.63, 3.8) is 0 Å². The van der Waals surface area contributed by atoms with Crippen molar-refractivity contribution in [3.8, 4) is 23.0 Å². The van der Waals surface area contributed by atoms with E-state index in [1.165, 1.54) is 33.4 Å². The second kappa shape index (κ2) is 18.6. The molecule has 4 heterocycles. The summed E-state index contributed by atoms with van der Waals surface area (Å²) in [5.74, 6) is 3.87. The number of rotatable bonds is 8. The third-order valence-corrected chi connectivity index (χ3v) is 10.5. The maximum atomic E-state index is 9.22. The second-order valence-electron chi connectivity index (χ2n) is 15.4. The van der Waals surface area contributed by atoms with Crippen molar-refractivity contribution in [1.29, 1.82) is 0 Å². The third kappa shape index (κ3) is 10.4. The summed E-state index contributed by atoms with van der Waals surface area (Å²) < 4.78 is 22.8. The summed E-state index contributed by atoms with van der Waals surface area (Å²) in [7, 11) is 2.06. The topological polar surface area (TPSA) is 111 Å². The summed E-state index contributed by atoms with van der Waals surface area (Å²) in [4.78, 5) is 8.44. The summed E-state index contributed by atoms with van der Waals surface area (Å²) in [5.41, 5.74) is 9.66. The van der Waals surface area contributed by atoms with Crippen LogP contribution in [0.2, 0.25) is 0 Å². The minimum atomic E-state index is -0.178. The van der Waals surface area contributed by atoms with Crippen molar-refractivity contribution in [3.05, 3.63) is 117 Å². The number of aliphatic hydroxyl groups is 3. The van der Waals surface area contributed by atoms with Gasteiger partial charge in [0.2, 0.25) is 0 Å². The maximum Gasteiger partial charge on any atom is 0.142 e. The summed E-state index contributed by atoms with van der Waals surface area (Å²) in [6, 6.07) is 25.4. The molecule has 0 amide bonds. The molecule has 0 spiro atoms. The van der Waals surface area contributed by atoms with Gasteiger partial charge in [-0.05, 0) is 68.4 Å². The van der Waals surface area contributed by atoms with E-state index in [1.807, 2.05) is 6.07 Å². The number of fused-ring (bicyclic) bond motifs is 4. The van der Waals surface area contributed by atoms with Crippen molar-refractivity contribution in [2.24, 2.45) is 0 Å². The van der Waals surface area contributed by atoms with E-state index in [0.717, 1.165) is 60.3 Å². The summed E-state index contributed by atoms with van der Waals surface area (Å²) in [5, 5.41) is 27.3. The van der Waals surface area contributed by atoms with Gasteiger partial charge in [-0.2, -0.15) is 0 Å². The molecular weight excluding hydrogens is 697 g/mol. The fourth-order valence-corrected chi connectivity index (χ4v) is 7.29. The van der Waals surface area contributed by atoms with Crippen LogP contribution in [0, 0.1) is 13.8 Å².